The Labute approximate surface area is 131 Å². The minimum absolute atomic E-state index is 0.125. The molecule has 0 unspecified atom stereocenters. The van der Waals surface area contributed by atoms with Gasteiger partial charge in [0.1, 0.15) is 0 Å². The number of benzene rings is 1. The average Bonchev–Trinajstić information content (AvgIpc) is 2.24. The highest BCUT2D eigenvalue weighted by atomic mass is 32.3. The summed E-state index contributed by atoms with van der Waals surface area (Å²) in [4.78, 5) is 0.267. The molecule has 0 spiro atoms. The van der Waals surface area contributed by atoms with Gasteiger partial charge in [-0.1, -0.05) is 20.8 Å². The number of hydrogen-bond donors (Lipinski definition) is 0. The predicted molar refractivity (Wildman–Crippen MR) is 79.1 cm³/mol. The zero-order chi connectivity index (χ0) is 17.4. The van der Waals surface area contributed by atoms with Crippen LogP contribution < -0.4 is 0 Å². The number of hydrogen-bond acceptors (Lipinski definition) is 5. The molecule has 0 saturated heterocycles. The summed E-state index contributed by atoms with van der Waals surface area (Å²) in [5.74, 6) is 0. The fraction of sp³-hybridized carbons (Fsp3) is 0.500. The van der Waals surface area contributed by atoms with E-state index < -0.39 is 35.2 Å². The van der Waals surface area contributed by atoms with E-state index in [0.29, 0.717) is 0 Å². The molecular weight excluding hydrogens is 361 g/mol. The molecule has 0 bridgehead atoms. The summed E-state index contributed by atoms with van der Waals surface area (Å²) in [5, 5.41) is -1.99. The van der Waals surface area contributed by atoms with Crippen LogP contribution >= 0.6 is 11.8 Å². The van der Waals surface area contributed by atoms with Crippen LogP contribution in [0.25, 0.3) is 0 Å². The minimum Gasteiger partial charge on any atom is -0.223 e. The Morgan fingerprint density at radius 3 is 1.77 bits per heavy atom. The smallest absolute Gasteiger partial charge is 0.223 e. The van der Waals surface area contributed by atoms with Crippen LogP contribution in [0.3, 0.4) is 0 Å². The SMILES string of the molecule is CC(C)(C)Sc1ccc(S(=O)(=O)CS(=O)(=O)C(F)(F)F)cc1. The molecule has 0 N–H and O–H groups in total. The van der Waals surface area contributed by atoms with Crippen LogP contribution in [0.4, 0.5) is 13.2 Å². The van der Waals surface area contributed by atoms with Gasteiger partial charge in [-0.3, -0.25) is 0 Å². The lowest BCUT2D eigenvalue weighted by Crippen LogP contribution is -2.30. The minimum atomic E-state index is -5.74. The van der Waals surface area contributed by atoms with Crippen molar-refractivity contribution in [2.75, 3.05) is 5.08 Å². The van der Waals surface area contributed by atoms with Crippen molar-refractivity contribution in [3.63, 3.8) is 0 Å². The summed E-state index contributed by atoms with van der Waals surface area (Å²) in [6.45, 7) is 5.83. The molecule has 0 aliphatic rings. The highest BCUT2D eigenvalue weighted by Gasteiger charge is 2.48. The van der Waals surface area contributed by atoms with E-state index in [4.69, 9.17) is 0 Å². The van der Waals surface area contributed by atoms with Crippen LogP contribution in [0.5, 0.6) is 0 Å². The molecular formula is C12H15F3O4S3. The second-order valence-electron chi connectivity index (χ2n) is 5.48. The molecule has 0 aliphatic heterocycles. The molecule has 0 saturated carbocycles. The van der Waals surface area contributed by atoms with Crippen molar-refractivity contribution >= 4 is 31.4 Å². The predicted octanol–water partition coefficient (Wildman–Crippen LogP) is 3.24. The highest BCUT2D eigenvalue weighted by molar-refractivity contribution is 8.08. The molecule has 0 amide bonds. The van der Waals surface area contributed by atoms with Crippen molar-refractivity contribution in [3.8, 4) is 0 Å². The van der Waals surface area contributed by atoms with Crippen molar-refractivity contribution in [2.45, 2.75) is 40.8 Å². The van der Waals surface area contributed by atoms with Crippen LogP contribution in [0, 0.1) is 0 Å². The van der Waals surface area contributed by atoms with Gasteiger partial charge in [-0.2, -0.15) is 13.2 Å². The van der Waals surface area contributed by atoms with Gasteiger partial charge in [-0.15, -0.1) is 11.8 Å². The summed E-state index contributed by atoms with van der Waals surface area (Å²) in [7, 11) is -10.3. The number of sulfone groups is 2. The largest absolute Gasteiger partial charge is 0.498 e. The maximum atomic E-state index is 12.3. The number of halogens is 3. The maximum Gasteiger partial charge on any atom is 0.498 e. The first-order valence-corrected chi connectivity index (χ1v) is 10.1. The molecule has 0 aromatic heterocycles. The highest BCUT2D eigenvalue weighted by Crippen LogP contribution is 2.33. The molecule has 10 heteroatoms. The van der Waals surface area contributed by atoms with E-state index >= 15 is 0 Å². The van der Waals surface area contributed by atoms with Crippen molar-refractivity contribution in [2.24, 2.45) is 0 Å². The number of thioether (sulfide) groups is 1. The average molecular weight is 376 g/mol. The lowest BCUT2D eigenvalue weighted by molar-refractivity contribution is -0.0431. The molecule has 0 heterocycles. The molecule has 22 heavy (non-hydrogen) atoms. The van der Waals surface area contributed by atoms with Crippen LogP contribution in [-0.4, -0.2) is 32.2 Å². The van der Waals surface area contributed by atoms with E-state index in [1.807, 2.05) is 20.8 Å². The van der Waals surface area contributed by atoms with Gasteiger partial charge < -0.3 is 0 Å². The first-order chi connectivity index (χ1) is 9.64. The summed E-state index contributed by atoms with van der Waals surface area (Å²) in [6, 6.07) is 5.08. The van der Waals surface area contributed by atoms with Crippen molar-refractivity contribution in [1.82, 2.24) is 0 Å². The van der Waals surface area contributed by atoms with Gasteiger partial charge in [0.2, 0.25) is 0 Å². The Kier molecular flexibility index (Phi) is 5.30. The van der Waals surface area contributed by atoms with Crippen LogP contribution in [0.1, 0.15) is 20.8 Å². The molecule has 0 fully saturated rings. The molecule has 4 nitrogen and oxygen atoms in total. The third-order valence-corrected chi connectivity index (χ3v) is 7.57. The van der Waals surface area contributed by atoms with E-state index in [1.165, 1.54) is 23.9 Å². The summed E-state index contributed by atoms with van der Waals surface area (Å²) < 4.78 is 82.3. The Hall–Kier alpha value is -0.740. The molecule has 1 rings (SSSR count). The third-order valence-electron chi connectivity index (χ3n) is 2.27. The molecule has 0 aliphatic carbocycles. The zero-order valence-corrected chi connectivity index (χ0v) is 14.5. The lowest BCUT2D eigenvalue weighted by Gasteiger charge is -2.17. The second-order valence-corrected chi connectivity index (χ2v) is 11.7. The van der Waals surface area contributed by atoms with E-state index in [0.717, 1.165) is 17.0 Å². The maximum absolute atomic E-state index is 12.3. The van der Waals surface area contributed by atoms with Gasteiger partial charge >= 0.3 is 5.51 Å². The molecule has 126 valence electrons. The van der Waals surface area contributed by atoms with Gasteiger partial charge in [0, 0.05) is 9.64 Å². The van der Waals surface area contributed by atoms with E-state index in [9.17, 15) is 30.0 Å². The van der Waals surface area contributed by atoms with Crippen LogP contribution in [-0.2, 0) is 19.7 Å². The molecule has 0 atom stereocenters. The first kappa shape index (κ1) is 19.3. The Bertz CT molecular complexity index is 727. The monoisotopic (exact) mass is 376 g/mol. The van der Waals surface area contributed by atoms with Crippen molar-refractivity contribution < 1.29 is 30.0 Å². The summed E-state index contributed by atoms with van der Waals surface area (Å²) in [6.07, 6.45) is 0. The normalized spacial score (nSPS) is 14.1. The second kappa shape index (κ2) is 6.04. The number of alkyl halides is 3. The van der Waals surface area contributed by atoms with Gasteiger partial charge in [0.25, 0.3) is 9.84 Å². The molecule has 0 radical (unpaired) electrons. The van der Waals surface area contributed by atoms with Crippen molar-refractivity contribution in [1.29, 1.82) is 0 Å². The number of rotatable bonds is 4. The van der Waals surface area contributed by atoms with Gasteiger partial charge in [-0.05, 0) is 24.3 Å². The zero-order valence-electron chi connectivity index (χ0n) is 12.0. The third kappa shape index (κ3) is 5.17. The fourth-order valence-corrected chi connectivity index (χ4v) is 5.65. The summed E-state index contributed by atoms with van der Waals surface area (Å²) in [5.41, 5.74) is -5.60. The van der Waals surface area contributed by atoms with Crippen LogP contribution in [0.15, 0.2) is 34.1 Å². The van der Waals surface area contributed by atoms with Crippen molar-refractivity contribution in [3.05, 3.63) is 24.3 Å². The first-order valence-electron chi connectivity index (χ1n) is 5.95. The van der Waals surface area contributed by atoms with Gasteiger partial charge in [0.05, 0.1) is 4.90 Å². The lowest BCUT2D eigenvalue weighted by atomic mass is 10.3. The fourth-order valence-electron chi connectivity index (χ4n) is 1.41. The Morgan fingerprint density at radius 1 is 0.955 bits per heavy atom. The van der Waals surface area contributed by atoms with E-state index in [2.05, 4.69) is 0 Å². The Balaban J connectivity index is 3.06. The Morgan fingerprint density at radius 2 is 1.41 bits per heavy atom. The van der Waals surface area contributed by atoms with Crippen LogP contribution in [0.2, 0.25) is 0 Å². The van der Waals surface area contributed by atoms with E-state index in [1.54, 1.807) is 0 Å². The quantitative estimate of drug-likeness (QED) is 0.755. The molecule has 1 aromatic rings. The topological polar surface area (TPSA) is 68.3 Å². The summed E-state index contributed by atoms with van der Waals surface area (Å²) >= 11 is 1.44. The molecule has 1 aromatic carbocycles. The van der Waals surface area contributed by atoms with Gasteiger partial charge in [-0.25, -0.2) is 16.8 Å². The van der Waals surface area contributed by atoms with E-state index in [-0.39, 0.29) is 4.75 Å². The van der Waals surface area contributed by atoms with Gasteiger partial charge in [0.15, 0.2) is 14.9 Å². The standard InChI is InChI=1S/C12H15F3O4S3/c1-11(2,3)20-9-4-6-10(7-5-9)21(16,17)8-22(18,19)12(13,14)15/h4-7H,8H2,1-3H3.